The summed E-state index contributed by atoms with van der Waals surface area (Å²) in [6.07, 6.45) is 0. The lowest BCUT2D eigenvalue weighted by atomic mass is 10.0. The fourth-order valence-corrected chi connectivity index (χ4v) is 3.64. The van der Waals surface area contributed by atoms with Crippen molar-refractivity contribution in [2.75, 3.05) is 12.3 Å². The Morgan fingerprint density at radius 2 is 2.00 bits per heavy atom. The van der Waals surface area contributed by atoms with E-state index in [9.17, 15) is 8.42 Å². The highest BCUT2D eigenvalue weighted by atomic mass is 79.9. The van der Waals surface area contributed by atoms with Crippen LogP contribution in [0.15, 0.2) is 28.7 Å². The highest BCUT2D eigenvalue weighted by Crippen LogP contribution is 2.27. The van der Waals surface area contributed by atoms with Crippen LogP contribution in [0.2, 0.25) is 0 Å². The summed E-state index contributed by atoms with van der Waals surface area (Å²) in [7, 11) is -3.09. The molecule has 1 aliphatic heterocycles. The molecule has 0 radical (unpaired) electrons. The maximum absolute atomic E-state index is 11.9. The van der Waals surface area contributed by atoms with E-state index >= 15 is 0 Å². The van der Waals surface area contributed by atoms with Crippen molar-refractivity contribution in [3.63, 3.8) is 0 Å². The van der Waals surface area contributed by atoms with Crippen molar-refractivity contribution in [3.05, 3.63) is 34.3 Å². The summed E-state index contributed by atoms with van der Waals surface area (Å²) >= 11 is 3.37. The second kappa shape index (κ2) is 5.06. The zero-order valence-electron chi connectivity index (χ0n) is 9.48. The molecule has 0 bridgehead atoms. The molecule has 1 aliphatic rings. The minimum Gasteiger partial charge on any atom is -0.256 e. The molecule has 2 rings (SSSR count). The summed E-state index contributed by atoms with van der Waals surface area (Å²) in [4.78, 5) is 0. The molecule has 4 nitrogen and oxygen atoms in total. The van der Waals surface area contributed by atoms with Gasteiger partial charge in [-0.2, -0.15) is 0 Å². The molecule has 2 atom stereocenters. The van der Waals surface area contributed by atoms with Crippen LogP contribution in [0.5, 0.6) is 0 Å². The highest BCUT2D eigenvalue weighted by molar-refractivity contribution is 9.10. The third kappa shape index (κ3) is 2.70. The van der Waals surface area contributed by atoms with Crippen molar-refractivity contribution in [2.45, 2.75) is 18.2 Å². The van der Waals surface area contributed by atoms with Crippen LogP contribution < -0.4 is 10.9 Å². The number of hydrazine groups is 1. The van der Waals surface area contributed by atoms with E-state index < -0.39 is 15.2 Å². The van der Waals surface area contributed by atoms with Crippen molar-refractivity contribution in [2.24, 2.45) is 0 Å². The van der Waals surface area contributed by atoms with Gasteiger partial charge in [-0.3, -0.25) is 5.43 Å². The molecule has 0 amide bonds. The number of benzene rings is 1. The van der Waals surface area contributed by atoms with Crippen LogP contribution in [0.4, 0.5) is 0 Å². The Morgan fingerprint density at radius 1 is 1.35 bits per heavy atom. The fourth-order valence-electron chi connectivity index (χ4n) is 2.00. The molecule has 94 valence electrons. The van der Waals surface area contributed by atoms with Crippen LogP contribution in [-0.2, 0) is 9.84 Å². The summed E-state index contributed by atoms with van der Waals surface area (Å²) < 4.78 is 24.9. The van der Waals surface area contributed by atoms with Crippen molar-refractivity contribution < 1.29 is 8.42 Å². The Morgan fingerprint density at radius 3 is 2.59 bits per heavy atom. The molecule has 0 aliphatic carbocycles. The Hall–Kier alpha value is -0.430. The fraction of sp³-hybridized carbons (Fsp3) is 0.455. The normalized spacial score (nSPS) is 25.1. The average molecular weight is 319 g/mol. The van der Waals surface area contributed by atoms with Gasteiger partial charge in [-0.1, -0.05) is 35.0 Å². The van der Waals surface area contributed by atoms with Gasteiger partial charge in [-0.05, 0) is 17.7 Å². The van der Waals surface area contributed by atoms with Crippen LogP contribution in [0.25, 0.3) is 0 Å². The third-order valence-electron chi connectivity index (χ3n) is 3.02. The smallest absolute Gasteiger partial charge is 0.167 e. The van der Waals surface area contributed by atoms with Crippen molar-refractivity contribution >= 4 is 25.8 Å². The van der Waals surface area contributed by atoms with Crippen LogP contribution in [0.3, 0.4) is 0 Å². The van der Waals surface area contributed by atoms with E-state index in [0.29, 0.717) is 6.54 Å². The predicted molar refractivity (Wildman–Crippen MR) is 71.3 cm³/mol. The zero-order chi connectivity index (χ0) is 12.5. The molecule has 2 unspecified atom stereocenters. The molecule has 1 fully saturated rings. The van der Waals surface area contributed by atoms with Gasteiger partial charge in [-0.25, -0.2) is 13.8 Å². The van der Waals surface area contributed by atoms with E-state index in [1.54, 1.807) is 6.92 Å². The second-order valence-electron chi connectivity index (χ2n) is 4.06. The Labute approximate surface area is 110 Å². The molecule has 1 aromatic carbocycles. The quantitative estimate of drug-likeness (QED) is 0.884. The highest BCUT2D eigenvalue weighted by Gasteiger charge is 2.36. The van der Waals surface area contributed by atoms with Crippen molar-refractivity contribution in [1.82, 2.24) is 10.9 Å². The van der Waals surface area contributed by atoms with E-state index in [2.05, 4.69) is 26.8 Å². The van der Waals surface area contributed by atoms with Gasteiger partial charge in [0.05, 0.1) is 0 Å². The van der Waals surface area contributed by atoms with Crippen LogP contribution in [-0.4, -0.2) is 26.1 Å². The second-order valence-corrected chi connectivity index (χ2v) is 7.38. The maximum atomic E-state index is 11.9. The minimum atomic E-state index is -3.09. The third-order valence-corrected chi connectivity index (χ3v) is 5.57. The molecule has 1 heterocycles. The number of nitrogens with one attached hydrogen (secondary N) is 2. The Kier molecular flexibility index (Phi) is 3.87. The summed E-state index contributed by atoms with van der Waals surface area (Å²) in [5.41, 5.74) is 6.83. The molecule has 2 N–H and O–H groups in total. The number of hydrogen-bond donors (Lipinski definition) is 2. The van der Waals surface area contributed by atoms with Crippen molar-refractivity contribution in [3.8, 4) is 0 Å². The van der Waals surface area contributed by atoms with Crippen LogP contribution >= 0.6 is 15.9 Å². The number of halogens is 1. The first kappa shape index (κ1) is 13.0. The summed E-state index contributed by atoms with van der Waals surface area (Å²) in [6.45, 7) is 2.31. The lowest BCUT2D eigenvalue weighted by Crippen LogP contribution is -2.38. The van der Waals surface area contributed by atoms with Gasteiger partial charge in [0.2, 0.25) is 0 Å². The van der Waals surface area contributed by atoms with Crippen molar-refractivity contribution in [1.29, 1.82) is 0 Å². The molecule has 0 saturated carbocycles. The Bertz CT molecular complexity index is 487. The SMILES string of the molecule is CCS(=O)(=O)C1NNCC1c1ccc(Br)cc1. The van der Waals surface area contributed by atoms with Gasteiger partial charge in [-0.15, -0.1) is 0 Å². The first-order valence-electron chi connectivity index (χ1n) is 5.50. The van der Waals surface area contributed by atoms with E-state index in [1.807, 2.05) is 24.3 Å². The Balaban J connectivity index is 2.29. The van der Waals surface area contributed by atoms with Gasteiger partial charge in [0, 0.05) is 22.7 Å². The summed E-state index contributed by atoms with van der Waals surface area (Å²) in [6, 6.07) is 7.79. The van der Waals surface area contributed by atoms with Gasteiger partial charge < -0.3 is 0 Å². The molecule has 1 saturated heterocycles. The topological polar surface area (TPSA) is 58.2 Å². The van der Waals surface area contributed by atoms with E-state index in [4.69, 9.17) is 0 Å². The summed E-state index contributed by atoms with van der Waals surface area (Å²) in [5, 5.41) is -0.534. The van der Waals surface area contributed by atoms with E-state index in [0.717, 1.165) is 10.0 Å². The maximum Gasteiger partial charge on any atom is 0.167 e. The van der Waals surface area contributed by atoms with Gasteiger partial charge in [0.15, 0.2) is 9.84 Å². The van der Waals surface area contributed by atoms with Gasteiger partial charge in [0.25, 0.3) is 0 Å². The lowest BCUT2D eigenvalue weighted by molar-refractivity contribution is 0.554. The first-order valence-corrected chi connectivity index (χ1v) is 8.01. The van der Waals surface area contributed by atoms with E-state index in [-0.39, 0.29) is 11.7 Å². The summed E-state index contributed by atoms with van der Waals surface area (Å²) in [5.74, 6) is 0.118. The molecular weight excluding hydrogens is 304 g/mol. The van der Waals surface area contributed by atoms with Crippen LogP contribution in [0, 0.1) is 0 Å². The van der Waals surface area contributed by atoms with Gasteiger partial charge >= 0.3 is 0 Å². The molecule has 1 aromatic rings. The molecule has 0 spiro atoms. The molecule has 0 aromatic heterocycles. The standard InChI is InChI=1S/C11H15BrN2O2S/c1-2-17(15,16)11-10(7-13-14-11)8-3-5-9(12)6-4-8/h3-6,10-11,13-14H,2,7H2,1H3. The number of sulfone groups is 1. The average Bonchev–Trinajstić information content (AvgIpc) is 2.80. The van der Waals surface area contributed by atoms with Crippen LogP contribution in [0.1, 0.15) is 18.4 Å². The molecular formula is C11H15BrN2O2S. The zero-order valence-corrected chi connectivity index (χ0v) is 11.9. The largest absolute Gasteiger partial charge is 0.256 e. The molecule has 6 heteroatoms. The van der Waals surface area contributed by atoms with Gasteiger partial charge in [0.1, 0.15) is 5.37 Å². The lowest BCUT2D eigenvalue weighted by Gasteiger charge is -2.18. The van der Waals surface area contributed by atoms with E-state index in [1.165, 1.54) is 0 Å². The number of hydrogen-bond acceptors (Lipinski definition) is 4. The first-order chi connectivity index (χ1) is 8.04. The molecule has 17 heavy (non-hydrogen) atoms. The monoisotopic (exact) mass is 318 g/mol. The minimum absolute atomic E-state index is 0.0342. The number of rotatable bonds is 3. The predicted octanol–water partition coefficient (Wildman–Crippen LogP) is 1.40.